The first-order valence-electron chi connectivity index (χ1n) is 26.9. The molecule has 4 heterocycles. The Morgan fingerprint density at radius 1 is 0.500 bits per heavy atom. The molecule has 4 amide bonds. The van der Waals surface area contributed by atoms with Crippen molar-refractivity contribution in [3.8, 4) is 11.5 Å². The smallest absolute Gasteiger partial charge is 0.310 e. The molecule has 0 aromatic heterocycles. The molecule has 0 saturated heterocycles. The minimum absolute atomic E-state index is 0.00417. The number of imide groups is 2. The Morgan fingerprint density at radius 3 is 1.14 bits per heavy atom. The van der Waals surface area contributed by atoms with Crippen molar-refractivity contribution in [1.29, 1.82) is 0 Å². The van der Waals surface area contributed by atoms with E-state index < -0.39 is 90.3 Å². The number of anilines is 2. The normalized spacial score (nSPS) is 16.7. The van der Waals surface area contributed by atoms with Crippen LogP contribution < -0.4 is 18.1 Å². The van der Waals surface area contributed by atoms with Crippen molar-refractivity contribution < 1.29 is 73.3 Å². The van der Waals surface area contributed by atoms with E-state index in [0.717, 1.165) is 46.2 Å². The molecule has 0 fully saturated rings. The molecule has 2 atom stereocenters. The van der Waals surface area contributed by atoms with E-state index in [1.165, 1.54) is 22.8 Å². The average Bonchev–Trinajstić information content (AvgIpc) is 0.981. The lowest BCUT2D eigenvalue weighted by atomic mass is 9.92. The van der Waals surface area contributed by atoms with E-state index in [4.69, 9.17) is 18.9 Å². The molecule has 6 aromatic rings. The average molecular weight is 1190 g/mol. The highest BCUT2D eigenvalue weighted by atomic mass is 32.2. The molecule has 0 unspecified atom stereocenters. The molecule has 22 heteroatoms. The topological polar surface area (TPSA) is 221 Å². The van der Waals surface area contributed by atoms with Gasteiger partial charge in [0, 0.05) is 38.3 Å². The van der Waals surface area contributed by atoms with Gasteiger partial charge in [-0.3, -0.25) is 47.2 Å². The highest BCUT2D eigenvalue weighted by Crippen LogP contribution is 2.40. The van der Waals surface area contributed by atoms with Crippen molar-refractivity contribution in [1.82, 2.24) is 9.80 Å². The molecule has 0 spiro atoms. The number of carbonyl (C=O) groups is 6. The van der Waals surface area contributed by atoms with Crippen LogP contribution in [0, 0.1) is 23.5 Å². The quantitative estimate of drug-likeness (QED) is 0.0735. The summed E-state index contributed by atoms with van der Waals surface area (Å²) in [7, 11) is -6.04. The van der Waals surface area contributed by atoms with Gasteiger partial charge in [-0.25, -0.2) is 25.6 Å². The van der Waals surface area contributed by atoms with Crippen LogP contribution in [0.25, 0.3) is 0 Å². The predicted octanol–water partition coefficient (Wildman–Crippen LogP) is 8.76. The molecule has 10 rings (SSSR count). The fourth-order valence-electron chi connectivity index (χ4n) is 10.6. The van der Waals surface area contributed by atoms with Crippen LogP contribution in [0.2, 0.25) is 0 Å². The van der Waals surface area contributed by atoms with Crippen molar-refractivity contribution in [2.45, 2.75) is 88.2 Å². The first kappa shape index (κ1) is 60.1. The molecule has 0 saturated carbocycles. The van der Waals surface area contributed by atoms with Crippen LogP contribution in [0.3, 0.4) is 0 Å². The molecule has 4 aliphatic heterocycles. The summed E-state index contributed by atoms with van der Waals surface area (Å²) in [6.45, 7) is 10.5. The summed E-state index contributed by atoms with van der Waals surface area (Å²) in [4.78, 5) is 79.2. The Labute approximate surface area is 486 Å². The number of halogens is 2. The monoisotopic (exact) mass is 1190 g/mol. The minimum atomic E-state index is -4.26. The van der Waals surface area contributed by atoms with Gasteiger partial charge in [-0.15, -0.1) is 0 Å². The molecule has 0 N–H and O–H groups in total. The number of fused-ring (bicyclic) bond motifs is 4. The first-order valence-corrected chi connectivity index (χ1v) is 29.7. The third kappa shape index (κ3) is 12.5. The minimum Gasteiger partial charge on any atom is -0.494 e. The van der Waals surface area contributed by atoms with E-state index in [1.54, 1.807) is 126 Å². The maximum Gasteiger partial charge on any atom is 0.310 e. The molecule has 18 nitrogen and oxygen atoms in total. The first-order chi connectivity index (χ1) is 39.6. The molecule has 440 valence electrons. The zero-order chi connectivity index (χ0) is 60.8. The number of rotatable bonds is 14. The second-order valence-corrected chi connectivity index (χ2v) is 26.5. The predicted molar refractivity (Wildman–Crippen MR) is 305 cm³/mol. The summed E-state index contributed by atoms with van der Waals surface area (Å²) in [5, 5.41) is 0. The number of methoxy groups -OCH3 is 2. The number of amides is 4. The van der Waals surface area contributed by atoms with Gasteiger partial charge in [0.1, 0.15) is 11.2 Å². The van der Waals surface area contributed by atoms with Gasteiger partial charge in [0.25, 0.3) is 43.7 Å². The number of hydrogen-bond acceptors (Lipinski definition) is 14. The summed E-state index contributed by atoms with van der Waals surface area (Å²) in [5.41, 5.74) is 3.04. The van der Waals surface area contributed by atoms with Crippen molar-refractivity contribution in [2.75, 3.05) is 49.0 Å². The third-order valence-electron chi connectivity index (χ3n) is 14.3. The number of benzene rings is 6. The van der Waals surface area contributed by atoms with E-state index >= 15 is 0 Å². The fourth-order valence-corrected chi connectivity index (χ4v) is 13.8. The lowest BCUT2D eigenvalue weighted by Gasteiger charge is -2.36. The molecule has 4 aliphatic rings. The van der Waals surface area contributed by atoms with Gasteiger partial charge in [0.05, 0.1) is 70.5 Å². The number of sulfonamides is 2. The highest BCUT2D eigenvalue weighted by molar-refractivity contribution is 7.93. The zero-order valence-corrected chi connectivity index (χ0v) is 49.1. The highest BCUT2D eigenvalue weighted by Gasteiger charge is 2.42. The largest absolute Gasteiger partial charge is 0.494 e. The lowest BCUT2D eigenvalue weighted by Crippen LogP contribution is -2.45. The van der Waals surface area contributed by atoms with Gasteiger partial charge in [-0.05, 0) is 149 Å². The van der Waals surface area contributed by atoms with Crippen LogP contribution in [0.4, 0.5) is 20.2 Å². The summed E-state index contributed by atoms with van der Waals surface area (Å²) >= 11 is 0. The third-order valence-corrected chi connectivity index (χ3v) is 17.8. The van der Waals surface area contributed by atoms with Gasteiger partial charge in [0.15, 0.2) is 23.1 Å². The molecular weight excluding hydrogens is 1130 g/mol. The van der Waals surface area contributed by atoms with Crippen molar-refractivity contribution >= 4 is 67.0 Å². The van der Waals surface area contributed by atoms with Crippen molar-refractivity contribution in [3.63, 3.8) is 0 Å². The maximum atomic E-state index is 14.2. The number of ether oxygens (including phenoxy) is 4. The fraction of sp³-hybridized carbons (Fsp3) is 0.323. The summed E-state index contributed by atoms with van der Waals surface area (Å²) in [5.74, 6) is -5.36. The van der Waals surface area contributed by atoms with E-state index in [-0.39, 0.29) is 60.3 Å². The van der Waals surface area contributed by atoms with Crippen LogP contribution in [-0.4, -0.2) is 114 Å². The molecule has 0 bridgehead atoms. The standard InChI is InChI=1S/2C31H31FN2O7S/c2*1-31(2,3)41-28(35)15-19-9-10-21-13-20(17-33-29(36)23-7-5-6-8-24(23)30(33)37)18-34(26(21)14-19)42(38,39)22-11-12-25(32)27(16-22)40-4/h2*5-12,14,16,20H,13,15,17-18H2,1-4H3/t2*20-/m10/s1. The summed E-state index contributed by atoms with van der Waals surface area (Å²) in [6, 6.07) is 29.9. The second kappa shape index (κ2) is 23.3. The van der Waals surface area contributed by atoms with E-state index in [1.807, 2.05) is 0 Å². The van der Waals surface area contributed by atoms with Crippen molar-refractivity contribution in [3.05, 3.63) is 177 Å². The number of carbonyl (C=O) groups excluding carboxylic acids is 6. The van der Waals surface area contributed by atoms with E-state index in [2.05, 4.69) is 0 Å². The van der Waals surface area contributed by atoms with Gasteiger partial charge in [0.2, 0.25) is 0 Å². The lowest BCUT2D eigenvalue weighted by molar-refractivity contribution is -0.155. The van der Waals surface area contributed by atoms with Crippen LogP contribution in [0.1, 0.15) is 105 Å². The second-order valence-electron chi connectivity index (χ2n) is 22.8. The SMILES string of the molecule is COc1cc(S(=O)(=O)N2C[C@@H](CN3C(=O)c4ccccc4C3=O)Cc3ccc(CC(=O)OC(C)(C)C)cc32)ccc1F.COc1cc(S(=O)(=O)N2C[C@H](CN3C(=O)c4ccccc4C3=O)Cc3ccc(CC(=O)OC(C)(C)C)cc32)ccc1F. The van der Waals surface area contributed by atoms with Crippen LogP contribution in [-0.2, 0) is 64.8 Å². The van der Waals surface area contributed by atoms with Gasteiger partial charge in [-0.1, -0.05) is 48.5 Å². The maximum absolute atomic E-state index is 14.2. The number of esters is 2. The zero-order valence-electron chi connectivity index (χ0n) is 47.4. The molecule has 84 heavy (non-hydrogen) atoms. The van der Waals surface area contributed by atoms with Gasteiger partial charge < -0.3 is 18.9 Å². The van der Waals surface area contributed by atoms with Crippen LogP contribution in [0.15, 0.2) is 131 Å². The van der Waals surface area contributed by atoms with Gasteiger partial charge >= 0.3 is 11.9 Å². The Morgan fingerprint density at radius 2 is 0.833 bits per heavy atom. The molecule has 0 radical (unpaired) electrons. The summed E-state index contributed by atoms with van der Waals surface area (Å²) < 4.78 is 108. The number of hydrogen-bond donors (Lipinski definition) is 0. The summed E-state index contributed by atoms with van der Waals surface area (Å²) in [6.07, 6.45) is 0.630. The number of nitrogens with zero attached hydrogens (tertiary/aromatic N) is 4. The van der Waals surface area contributed by atoms with Gasteiger partial charge in [-0.2, -0.15) is 0 Å². The Bertz CT molecular complexity index is 3580. The van der Waals surface area contributed by atoms with Crippen LogP contribution in [0.5, 0.6) is 11.5 Å². The van der Waals surface area contributed by atoms with E-state index in [0.29, 0.717) is 68.7 Å². The molecule has 0 aliphatic carbocycles. The Hall–Kier alpha value is -8.50. The van der Waals surface area contributed by atoms with E-state index in [9.17, 15) is 54.4 Å². The Kier molecular flexibility index (Phi) is 16.7. The van der Waals surface area contributed by atoms with Crippen LogP contribution >= 0.6 is 0 Å². The van der Waals surface area contributed by atoms with Crippen molar-refractivity contribution in [2.24, 2.45) is 11.8 Å². The molecular formula is C62H62F2N4O14S2. The molecule has 6 aromatic carbocycles. The Balaban J connectivity index is 0.000000202.